The van der Waals surface area contributed by atoms with E-state index in [2.05, 4.69) is 5.32 Å². The number of anilines is 1. The van der Waals surface area contributed by atoms with Crippen molar-refractivity contribution in [1.29, 1.82) is 0 Å². The van der Waals surface area contributed by atoms with Gasteiger partial charge >= 0.3 is 5.97 Å². The molecule has 0 aliphatic heterocycles. The molecule has 0 fully saturated rings. The average molecular weight is 429 g/mol. The van der Waals surface area contributed by atoms with E-state index in [0.717, 1.165) is 16.8 Å². The molecular formula is C21H17ClN2O6. The first-order valence-electron chi connectivity index (χ1n) is 8.90. The van der Waals surface area contributed by atoms with Gasteiger partial charge in [-0.05, 0) is 24.4 Å². The Hall–Kier alpha value is -3.65. The van der Waals surface area contributed by atoms with Gasteiger partial charge < -0.3 is 14.8 Å². The summed E-state index contributed by atoms with van der Waals surface area (Å²) in [6, 6.07) is 16.7. The number of nitro groups is 1. The van der Waals surface area contributed by atoms with Crippen molar-refractivity contribution in [3.05, 3.63) is 75.8 Å². The maximum Gasteiger partial charge on any atom is 0.344 e. The number of hydrogen-bond acceptors (Lipinski definition) is 6. The summed E-state index contributed by atoms with van der Waals surface area (Å²) in [6.07, 6.45) is -1.13. The van der Waals surface area contributed by atoms with Crippen LogP contribution in [-0.2, 0) is 14.3 Å². The van der Waals surface area contributed by atoms with Crippen molar-refractivity contribution in [3.63, 3.8) is 0 Å². The molecule has 3 aromatic carbocycles. The lowest BCUT2D eigenvalue weighted by Gasteiger charge is -2.15. The van der Waals surface area contributed by atoms with E-state index in [1.165, 1.54) is 19.1 Å². The molecule has 0 saturated heterocycles. The van der Waals surface area contributed by atoms with Crippen molar-refractivity contribution in [2.75, 3.05) is 11.9 Å². The fourth-order valence-corrected chi connectivity index (χ4v) is 2.92. The molecule has 0 bridgehead atoms. The van der Waals surface area contributed by atoms with Crippen molar-refractivity contribution in [2.45, 2.75) is 13.0 Å². The van der Waals surface area contributed by atoms with Gasteiger partial charge in [0.1, 0.15) is 5.75 Å². The van der Waals surface area contributed by atoms with Crippen LogP contribution in [0.1, 0.15) is 6.92 Å². The molecule has 0 aliphatic rings. The van der Waals surface area contributed by atoms with Gasteiger partial charge in [-0.25, -0.2) is 4.79 Å². The largest absolute Gasteiger partial charge is 0.481 e. The number of carbonyl (C=O) groups excluding carboxylic acids is 2. The molecule has 3 aromatic rings. The molecule has 3 rings (SSSR count). The highest BCUT2D eigenvalue weighted by atomic mass is 35.5. The fourth-order valence-electron chi connectivity index (χ4n) is 2.70. The van der Waals surface area contributed by atoms with Crippen LogP contribution in [0.3, 0.4) is 0 Å². The third kappa shape index (κ3) is 5.03. The first-order chi connectivity index (χ1) is 14.3. The number of nitrogens with one attached hydrogen (secondary N) is 1. The molecule has 30 heavy (non-hydrogen) atoms. The number of rotatable bonds is 7. The summed E-state index contributed by atoms with van der Waals surface area (Å²) in [5.74, 6) is -0.829. The Balaban J connectivity index is 1.56. The second-order valence-electron chi connectivity index (χ2n) is 6.31. The zero-order chi connectivity index (χ0) is 21.7. The number of nitro benzene ring substituents is 1. The number of non-ortho nitro benzene ring substituents is 1. The Kier molecular flexibility index (Phi) is 6.48. The normalized spacial score (nSPS) is 11.5. The molecule has 1 unspecified atom stereocenters. The van der Waals surface area contributed by atoms with E-state index in [1.807, 2.05) is 36.4 Å². The van der Waals surface area contributed by atoms with Crippen molar-refractivity contribution in [1.82, 2.24) is 0 Å². The molecule has 9 heteroatoms. The summed E-state index contributed by atoms with van der Waals surface area (Å²) in [5.41, 5.74) is -0.0368. The molecule has 0 aromatic heterocycles. The Bertz CT molecular complexity index is 1110. The Morgan fingerprint density at radius 2 is 1.87 bits per heavy atom. The third-order valence-corrected chi connectivity index (χ3v) is 4.51. The van der Waals surface area contributed by atoms with Gasteiger partial charge in [0, 0.05) is 17.5 Å². The van der Waals surface area contributed by atoms with Gasteiger partial charge in [0.2, 0.25) is 0 Å². The third-order valence-electron chi connectivity index (χ3n) is 4.19. The molecule has 0 aliphatic carbocycles. The van der Waals surface area contributed by atoms with Gasteiger partial charge in [0.25, 0.3) is 11.6 Å². The number of hydrogen-bond donors (Lipinski definition) is 1. The van der Waals surface area contributed by atoms with Gasteiger partial charge in [0.15, 0.2) is 12.7 Å². The number of fused-ring (bicyclic) bond motifs is 1. The standard InChI is InChI=1S/C21H17ClN2O6/c1-13(21(26)23-18-10-9-15(24(27)28)11-17(18)22)30-20(25)12-29-19-8-4-6-14-5-2-3-7-16(14)19/h2-11,13H,12H2,1H3,(H,23,26). The maximum absolute atomic E-state index is 12.2. The molecule has 1 N–H and O–H groups in total. The predicted molar refractivity (Wildman–Crippen MR) is 112 cm³/mol. The first kappa shape index (κ1) is 21.1. The zero-order valence-electron chi connectivity index (χ0n) is 15.8. The van der Waals surface area contributed by atoms with Crippen molar-refractivity contribution in [3.8, 4) is 5.75 Å². The minimum atomic E-state index is -1.13. The van der Waals surface area contributed by atoms with Crippen LogP contribution in [0.5, 0.6) is 5.75 Å². The fraction of sp³-hybridized carbons (Fsp3) is 0.143. The average Bonchev–Trinajstić information content (AvgIpc) is 2.73. The van der Waals surface area contributed by atoms with Gasteiger partial charge in [-0.15, -0.1) is 0 Å². The lowest BCUT2D eigenvalue weighted by molar-refractivity contribution is -0.384. The highest BCUT2D eigenvalue weighted by Gasteiger charge is 2.20. The second kappa shape index (κ2) is 9.23. The highest BCUT2D eigenvalue weighted by molar-refractivity contribution is 6.34. The Labute approximate surface area is 176 Å². The van der Waals surface area contributed by atoms with Crippen LogP contribution in [-0.4, -0.2) is 29.5 Å². The summed E-state index contributed by atoms with van der Waals surface area (Å²) in [5, 5.41) is 15.0. The van der Waals surface area contributed by atoms with Crippen LogP contribution in [0.25, 0.3) is 10.8 Å². The highest BCUT2D eigenvalue weighted by Crippen LogP contribution is 2.27. The quantitative estimate of drug-likeness (QED) is 0.340. The van der Waals surface area contributed by atoms with E-state index in [0.29, 0.717) is 5.75 Å². The summed E-state index contributed by atoms with van der Waals surface area (Å²) in [4.78, 5) is 34.5. The van der Waals surface area contributed by atoms with E-state index in [9.17, 15) is 19.7 Å². The van der Waals surface area contributed by atoms with Gasteiger partial charge in [-0.2, -0.15) is 0 Å². The maximum atomic E-state index is 12.2. The smallest absolute Gasteiger partial charge is 0.344 e. The summed E-state index contributed by atoms with van der Waals surface area (Å²) < 4.78 is 10.6. The van der Waals surface area contributed by atoms with Crippen LogP contribution >= 0.6 is 11.6 Å². The van der Waals surface area contributed by atoms with E-state index >= 15 is 0 Å². The number of ether oxygens (including phenoxy) is 2. The zero-order valence-corrected chi connectivity index (χ0v) is 16.6. The van der Waals surface area contributed by atoms with Gasteiger partial charge in [-0.3, -0.25) is 14.9 Å². The number of carbonyl (C=O) groups is 2. The minimum Gasteiger partial charge on any atom is -0.481 e. The summed E-state index contributed by atoms with van der Waals surface area (Å²) in [6.45, 7) is 1.02. The van der Waals surface area contributed by atoms with Crippen LogP contribution in [0.2, 0.25) is 5.02 Å². The monoisotopic (exact) mass is 428 g/mol. The lowest BCUT2D eigenvalue weighted by atomic mass is 10.1. The molecule has 0 saturated carbocycles. The van der Waals surface area contributed by atoms with Crippen LogP contribution in [0, 0.1) is 10.1 Å². The topological polar surface area (TPSA) is 108 Å². The number of amides is 1. The van der Waals surface area contributed by atoms with Crippen LogP contribution in [0.4, 0.5) is 11.4 Å². The number of halogens is 1. The molecule has 1 amide bonds. The minimum absolute atomic E-state index is 0.00429. The Morgan fingerprint density at radius 3 is 2.60 bits per heavy atom. The van der Waals surface area contributed by atoms with Gasteiger partial charge in [0.05, 0.1) is 15.6 Å². The molecule has 8 nitrogen and oxygen atoms in total. The van der Waals surface area contributed by atoms with Crippen molar-refractivity contribution < 1.29 is 24.0 Å². The predicted octanol–water partition coefficient (Wildman–Crippen LogP) is 4.35. The van der Waals surface area contributed by atoms with E-state index in [4.69, 9.17) is 21.1 Å². The van der Waals surface area contributed by atoms with Crippen molar-refractivity contribution in [2.24, 2.45) is 0 Å². The van der Waals surface area contributed by atoms with E-state index in [-0.39, 0.29) is 23.0 Å². The Morgan fingerprint density at radius 1 is 1.13 bits per heavy atom. The van der Waals surface area contributed by atoms with Crippen LogP contribution in [0.15, 0.2) is 60.7 Å². The molecule has 0 heterocycles. The molecule has 0 spiro atoms. The first-order valence-corrected chi connectivity index (χ1v) is 9.28. The van der Waals surface area contributed by atoms with Gasteiger partial charge in [-0.1, -0.05) is 48.0 Å². The van der Waals surface area contributed by atoms with Crippen molar-refractivity contribution >= 4 is 45.6 Å². The molecule has 0 radical (unpaired) electrons. The summed E-state index contributed by atoms with van der Waals surface area (Å²) >= 11 is 5.95. The second-order valence-corrected chi connectivity index (χ2v) is 6.72. The molecule has 1 atom stereocenters. The molecule has 154 valence electrons. The summed E-state index contributed by atoms with van der Waals surface area (Å²) in [7, 11) is 0. The lowest BCUT2D eigenvalue weighted by Crippen LogP contribution is -2.31. The number of esters is 1. The van der Waals surface area contributed by atoms with E-state index in [1.54, 1.807) is 6.07 Å². The number of benzene rings is 3. The van der Waals surface area contributed by atoms with E-state index < -0.39 is 22.9 Å². The molecular weight excluding hydrogens is 412 g/mol. The van der Waals surface area contributed by atoms with Crippen LogP contribution < -0.4 is 10.1 Å². The SMILES string of the molecule is CC(OC(=O)COc1cccc2ccccc12)C(=O)Nc1ccc([N+](=O)[O-])cc1Cl. The number of nitrogens with zero attached hydrogens (tertiary/aromatic N) is 1.